The molecule has 10 amide bonds. The highest BCUT2D eigenvalue weighted by Crippen LogP contribution is 2.35. The lowest BCUT2D eigenvalue weighted by atomic mass is 9.93. The minimum atomic E-state index is -1.05. The summed E-state index contributed by atoms with van der Waals surface area (Å²) in [7, 11) is 1.85. The zero-order chi connectivity index (χ0) is 63.7. The summed E-state index contributed by atoms with van der Waals surface area (Å²) in [5.41, 5.74) is 4.81. The fourth-order valence-corrected chi connectivity index (χ4v) is 11.6. The maximum atomic E-state index is 14.3. The Morgan fingerprint density at radius 3 is 1.68 bits per heavy atom. The van der Waals surface area contributed by atoms with Crippen molar-refractivity contribution in [2.75, 3.05) is 58.2 Å². The van der Waals surface area contributed by atoms with Crippen LogP contribution in [0.5, 0.6) is 0 Å². The topological polar surface area (TPSA) is 268 Å². The highest BCUT2D eigenvalue weighted by atomic mass is 16.6. The third kappa shape index (κ3) is 13.7. The molecule has 0 saturated heterocycles. The van der Waals surface area contributed by atoms with Crippen LogP contribution >= 0.6 is 0 Å². The number of nitrogens with zero attached hydrogens (tertiary/aromatic N) is 9. The first-order chi connectivity index (χ1) is 44.1. The number of benzene rings is 6. The van der Waals surface area contributed by atoms with Crippen molar-refractivity contribution in [1.82, 2.24) is 54.2 Å². The second-order valence-electron chi connectivity index (χ2n) is 22.6. The number of imide groups is 3. The number of ether oxygens (including phenoxy) is 1. The molecule has 0 saturated carbocycles. The van der Waals surface area contributed by atoms with Gasteiger partial charge in [-0.3, -0.25) is 57.9 Å². The number of likely N-dealkylation sites (N-methyl/N-ethyl adjacent to an activating group) is 1. The van der Waals surface area contributed by atoms with Crippen molar-refractivity contribution in [3.05, 3.63) is 198 Å². The van der Waals surface area contributed by atoms with Crippen LogP contribution in [0.2, 0.25) is 0 Å². The average Bonchev–Trinajstić information content (AvgIpc) is 1.20. The van der Waals surface area contributed by atoms with Gasteiger partial charge < -0.3 is 39.6 Å². The Morgan fingerprint density at radius 1 is 0.538 bits per heavy atom. The van der Waals surface area contributed by atoms with Crippen LogP contribution in [0.25, 0.3) is 32.9 Å². The molecule has 0 spiro atoms. The average molecular weight is 1230 g/mol. The number of hydrogen-bond acceptors (Lipinski definition) is 14. The third-order valence-corrected chi connectivity index (χ3v) is 16.5. The molecule has 0 aliphatic carbocycles. The first-order valence-corrected chi connectivity index (χ1v) is 30.1. The van der Waals surface area contributed by atoms with Crippen LogP contribution in [0.15, 0.2) is 165 Å². The fraction of sp³-hybridized carbons (Fsp3) is 0.265. The largest absolute Gasteiger partial charge is 0.445 e. The normalized spacial score (nSPS) is 14.2. The Kier molecular flexibility index (Phi) is 18.7. The Balaban J connectivity index is 0.716. The van der Waals surface area contributed by atoms with Gasteiger partial charge in [0.15, 0.2) is 0 Å². The van der Waals surface area contributed by atoms with E-state index in [9.17, 15) is 47.9 Å². The van der Waals surface area contributed by atoms with Crippen molar-refractivity contribution >= 4 is 86.5 Å². The van der Waals surface area contributed by atoms with E-state index in [1.165, 1.54) is 28.9 Å². The molecular formula is C68H66N12O11. The number of unbranched alkanes of at least 4 members (excludes halogenated alkanes) is 2. The van der Waals surface area contributed by atoms with E-state index in [4.69, 9.17) is 4.74 Å². The number of nitrogens with one attached hydrogen (secondary N) is 3. The van der Waals surface area contributed by atoms with Crippen molar-refractivity contribution in [3.63, 3.8) is 0 Å². The molecule has 6 aromatic carbocycles. The predicted molar refractivity (Wildman–Crippen MR) is 336 cm³/mol. The molecule has 3 aliphatic rings. The summed E-state index contributed by atoms with van der Waals surface area (Å²) in [6.45, 7) is 2.34. The SMILES string of the molecule is C[C@H](NC(=O)CCCCCN1C(=O)C=CC1=O)C(=O)N[C@@H](Cc1ccccc1)C(=O)Nc1ccc(COC(=O)N(CCCN(C)CCN2C(=O)c3cccc4c(-n5ccnc5)ccc(c34)C2=O)CCN2C(=O)c3cccc4c(-n5ccnc5)ccc(c34)C2=O)cc1. The van der Waals surface area contributed by atoms with Gasteiger partial charge in [-0.2, -0.15) is 0 Å². The summed E-state index contributed by atoms with van der Waals surface area (Å²) in [4.78, 5) is 150. The highest BCUT2D eigenvalue weighted by Gasteiger charge is 2.36. The third-order valence-electron chi connectivity index (χ3n) is 16.5. The standard InChI is InChI=1S/C68H66N12O11/c1-44(71-57(81)18-7-4-8-33-78-58(82)27-28-59(78)83)62(84)73-54(40-45-12-5-3-6-13-45)63(85)72-47-21-19-46(20-22-47)41-91-68(90)75(37-39-80-65(87)51-17-10-15-49-56(77-35-30-70-43-77)26-24-53(61(49)51)67(80)89)32-11-31-74(2)36-38-79-64(86)50-16-9-14-48-55(76-34-29-69-42-76)25-23-52(60(48)50)66(79)88/h3,5-6,9-10,12-17,19-30,34-35,42-44,54H,4,7-8,11,18,31-33,36-41H2,1-2H3,(H,71,81)(H,72,85)(H,73,84)/t44-,54-/m0/s1. The van der Waals surface area contributed by atoms with Crippen LogP contribution in [0.3, 0.4) is 0 Å². The minimum absolute atomic E-state index is 0.0767. The quantitative estimate of drug-likeness (QED) is 0.0350. The van der Waals surface area contributed by atoms with Gasteiger partial charge in [0.05, 0.1) is 24.0 Å². The van der Waals surface area contributed by atoms with E-state index < -0.39 is 53.6 Å². The summed E-state index contributed by atoms with van der Waals surface area (Å²) >= 11 is 0. The molecule has 2 atom stereocenters. The number of aromatic nitrogens is 4. The number of rotatable bonds is 27. The van der Waals surface area contributed by atoms with E-state index in [0.29, 0.717) is 88.4 Å². The Hall–Kier alpha value is -10.9. The molecule has 3 N–H and O–H groups in total. The van der Waals surface area contributed by atoms with Gasteiger partial charge in [-0.05, 0) is 99.4 Å². The van der Waals surface area contributed by atoms with Crippen molar-refractivity contribution in [1.29, 1.82) is 0 Å². The van der Waals surface area contributed by atoms with E-state index in [1.807, 2.05) is 69.6 Å². The van der Waals surface area contributed by atoms with Gasteiger partial charge in [-0.1, -0.05) is 73.2 Å². The van der Waals surface area contributed by atoms with Gasteiger partial charge in [0.25, 0.3) is 35.4 Å². The van der Waals surface area contributed by atoms with E-state index in [1.54, 1.807) is 104 Å². The molecule has 91 heavy (non-hydrogen) atoms. The zero-order valence-corrected chi connectivity index (χ0v) is 50.2. The van der Waals surface area contributed by atoms with E-state index in [0.717, 1.165) is 32.1 Å². The number of carbonyl (C=O) groups excluding carboxylic acids is 10. The van der Waals surface area contributed by atoms with E-state index in [2.05, 4.69) is 25.9 Å². The smallest absolute Gasteiger partial charge is 0.410 e. The molecule has 3 aliphatic heterocycles. The molecular weight excluding hydrogens is 1160 g/mol. The molecule has 23 heteroatoms. The molecule has 5 heterocycles. The van der Waals surface area contributed by atoms with Crippen LogP contribution in [0.1, 0.15) is 91.6 Å². The molecule has 23 nitrogen and oxygen atoms in total. The van der Waals surface area contributed by atoms with Crippen molar-refractivity contribution < 1.29 is 52.7 Å². The van der Waals surface area contributed by atoms with Gasteiger partial charge in [-0.25, -0.2) is 14.8 Å². The van der Waals surface area contributed by atoms with Crippen LogP contribution in [0, 0.1) is 0 Å². The first-order valence-electron chi connectivity index (χ1n) is 30.1. The number of hydrogen-bond donors (Lipinski definition) is 3. The monoisotopic (exact) mass is 1230 g/mol. The molecule has 8 aromatic rings. The molecule has 0 bridgehead atoms. The molecule has 0 fully saturated rings. The molecule has 0 unspecified atom stereocenters. The summed E-state index contributed by atoms with van der Waals surface area (Å²) in [5, 5.41) is 10.9. The van der Waals surface area contributed by atoms with E-state index >= 15 is 0 Å². The highest BCUT2D eigenvalue weighted by molar-refractivity contribution is 6.27. The van der Waals surface area contributed by atoms with E-state index in [-0.39, 0.29) is 69.9 Å². The first kappa shape index (κ1) is 61.7. The minimum Gasteiger partial charge on any atom is -0.445 e. The van der Waals surface area contributed by atoms with Crippen molar-refractivity contribution in [3.8, 4) is 11.4 Å². The zero-order valence-electron chi connectivity index (χ0n) is 50.2. The lowest BCUT2D eigenvalue weighted by Crippen LogP contribution is -2.52. The second kappa shape index (κ2) is 27.6. The Morgan fingerprint density at radius 2 is 1.11 bits per heavy atom. The summed E-state index contributed by atoms with van der Waals surface area (Å²) in [5.74, 6) is -4.00. The lowest BCUT2D eigenvalue weighted by molar-refractivity contribution is -0.137. The Bertz CT molecular complexity index is 4090. The molecule has 464 valence electrons. The van der Waals surface area contributed by atoms with Gasteiger partial charge in [0.2, 0.25) is 17.7 Å². The Labute approximate surface area is 523 Å². The number of carbonyl (C=O) groups is 10. The van der Waals surface area contributed by atoms with Gasteiger partial charge in [0, 0.05) is 139 Å². The summed E-state index contributed by atoms with van der Waals surface area (Å²) in [6, 6.07) is 31.5. The predicted octanol–water partition coefficient (Wildman–Crippen LogP) is 6.87. The van der Waals surface area contributed by atoms with Crippen LogP contribution in [-0.2, 0) is 41.7 Å². The van der Waals surface area contributed by atoms with Gasteiger partial charge >= 0.3 is 6.09 Å². The fourth-order valence-electron chi connectivity index (χ4n) is 11.6. The number of amides is 10. The number of anilines is 1. The van der Waals surface area contributed by atoms with Gasteiger partial charge in [0.1, 0.15) is 18.7 Å². The van der Waals surface area contributed by atoms with Crippen LogP contribution in [0.4, 0.5) is 10.5 Å². The maximum Gasteiger partial charge on any atom is 0.410 e. The summed E-state index contributed by atoms with van der Waals surface area (Å²) in [6.07, 6.45) is 14.1. The van der Waals surface area contributed by atoms with Crippen molar-refractivity contribution in [2.45, 2.75) is 64.1 Å². The molecule has 0 radical (unpaired) electrons. The lowest BCUT2D eigenvalue weighted by Gasteiger charge is -2.31. The van der Waals surface area contributed by atoms with Crippen molar-refractivity contribution in [2.24, 2.45) is 0 Å². The van der Waals surface area contributed by atoms with Gasteiger partial charge in [-0.15, -0.1) is 0 Å². The van der Waals surface area contributed by atoms with Crippen LogP contribution < -0.4 is 16.0 Å². The molecule has 11 rings (SSSR count). The summed E-state index contributed by atoms with van der Waals surface area (Å²) < 4.78 is 9.54. The maximum absolute atomic E-state index is 14.3. The number of imidazole rings is 2. The molecule has 2 aromatic heterocycles. The van der Waals surface area contributed by atoms with Crippen LogP contribution in [-0.4, -0.2) is 168 Å². The second-order valence-corrected chi connectivity index (χ2v) is 22.6.